The number of nitrogens with zero attached hydrogens (tertiary/aromatic N) is 1. The number of aromatic amines is 1. The van der Waals surface area contributed by atoms with Gasteiger partial charge in [-0.3, -0.25) is 4.79 Å². The number of likely N-dealkylation sites (tertiary alicyclic amines) is 1. The summed E-state index contributed by atoms with van der Waals surface area (Å²) in [4.78, 5) is 16.4. The minimum Gasteiger partial charge on any atom is -0.506 e. The van der Waals surface area contributed by atoms with Crippen LogP contribution in [0, 0.1) is 5.92 Å². The van der Waals surface area contributed by atoms with Crippen molar-refractivity contribution in [2.75, 3.05) is 45.9 Å². The molecule has 0 saturated carbocycles. The summed E-state index contributed by atoms with van der Waals surface area (Å²) in [5, 5.41) is 23.8. The van der Waals surface area contributed by atoms with Crippen molar-refractivity contribution >= 4 is 34.0 Å². The number of nitrogens with one attached hydrogen (secondary N) is 2. The normalized spacial score (nSPS) is 15.3. The third-order valence-corrected chi connectivity index (χ3v) is 6.82. The molecule has 1 aromatic heterocycles. The Kier molecular flexibility index (Phi) is 9.73. The second kappa shape index (κ2) is 12.5. The molecule has 3 aromatic rings. The van der Waals surface area contributed by atoms with Crippen LogP contribution < -0.4 is 10.2 Å². The summed E-state index contributed by atoms with van der Waals surface area (Å²) in [7, 11) is 0. The van der Waals surface area contributed by atoms with E-state index in [4.69, 9.17) is 4.74 Å². The molecule has 7 nitrogen and oxygen atoms in total. The average Bonchev–Trinajstić information content (AvgIpc) is 3.16. The highest BCUT2D eigenvalue weighted by Crippen LogP contribution is 2.31. The summed E-state index contributed by atoms with van der Waals surface area (Å²) >= 11 is 1.01. The fourth-order valence-corrected chi connectivity index (χ4v) is 5.07. The molecule has 0 bridgehead atoms. The molecule has 1 fully saturated rings. The number of phenolic OH excluding ortho intramolecular Hbond substituents is 1. The molecule has 0 aliphatic carbocycles. The number of H-pyrrole nitrogens is 1. The number of hydrogen-bond donors (Lipinski definition) is 4. The van der Waals surface area contributed by atoms with E-state index in [-0.39, 0.29) is 23.0 Å². The van der Waals surface area contributed by atoms with E-state index in [1.807, 2.05) is 6.07 Å². The standard InChI is InChI=1S/C24H31N3O4S.ClH/c28-20-8-7-19(23-22(20)26-24(30)32-23)21(29)14-25-13-18-15-27(16-18)10-4-11-31-12-9-17-5-2-1-3-6-17;/h1-3,5-8,18,21,25,28-29H,4,9-16H2,(H,26,30);1H/t21-;/m0./s1. The van der Waals surface area contributed by atoms with Crippen LogP contribution in [0.15, 0.2) is 47.3 Å². The Bertz CT molecular complexity index is 1050. The number of thiazole rings is 1. The molecule has 0 spiro atoms. The van der Waals surface area contributed by atoms with Gasteiger partial charge in [0.15, 0.2) is 0 Å². The first-order valence-electron chi connectivity index (χ1n) is 11.2. The van der Waals surface area contributed by atoms with Crippen LogP contribution in [0.25, 0.3) is 10.2 Å². The summed E-state index contributed by atoms with van der Waals surface area (Å²) in [6.07, 6.45) is 1.28. The van der Waals surface area contributed by atoms with Gasteiger partial charge in [-0.2, -0.15) is 0 Å². The molecule has 1 atom stereocenters. The zero-order valence-electron chi connectivity index (χ0n) is 18.5. The minimum atomic E-state index is -0.728. The number of rotatable bonds is 12. The van der Waals surface area contributed by atoms with Gasteiger partial charge >= 0.3 is 4.87 Å². The van der Waals surface area contributed by atoms with Crippen molar-refractivity contribution in [1.29, 1.82) is 0 Å². The van der Waals surface area contributed by atoms with E-state index in [1.54, 1.807) is 6.07 Å². The number of aliphatic hydroxyl groups excluding tert-OH is 1. The summed E-state index contributed by atoms with van der Waals surface area (Å²) in [6, 6.07) is 13.6. The predicted octanol–water partition coefficient (Wildman–Crippen LogP) is 2.92. The van der Waals surface area contributed by atoms with Gasteiger partial charge in [-0.1, -0.05) is 47.7 Å². The van der Waals surface area contributed by atoms with Crippen LogP contribution >= 0.6 is 23.7 Å². The highest BCUT2D eigenvalue weighted by molar-refractivity contribution is 7.16. The maximum absolute atomic E-state index is 11.6. The predicted molar refractivity (Wildman–Crippen MR) is 135 cm³/mol. The third kappa shape index (κ3) is 7.02. The van der Waals surface area contributed by atoms with Crippen molar-refractivity contribution in [3.8, 4) is 5.75 Å². The van der Waals surface area contributed by atoms with E-state index >= 15 is 0 Å². The van der Waals surface area contributed by atoms with Crippen LogP contribution in [0.3, 0.4) is 0 Å². The monoisotopic (exact) mass is 493 g/mol. The largest absolute Gasteiger partial charge is 0.506 e. The molecule has 2 aromatic carbocycles. The number of aromatic hydroxyl groups is 1. The first-order valence-corrected chi connectivity index (χ1v) is 12.0. The van der Waals surface area contributed by atoms with Gasteiger partial charge in [0.05, 0.1) is 17.4 Å². The maximum atomic E-state index is 11.6. The lowest BCUT2D eigenvalue weighted by Gasteiger charge is -2.39. The van der Waals surface area contributed by atoms with E-state index in [0.29, 0.717) is 28.2 Å². The summed E-state index contributed by atoms with van der Waals surface area (Å²) in [6.45, 7) is 6.02. The topological polar surface area (TPSA) is 97.8 Å². The highest BCUT2D eigenvalue weighted by atomic mass is 35.5. The maximum Gasteiger partial charge on any atom is 0.305 e. The molecule has 0 unspecified atom stereocenters. The van der Waals surface area contributed by atoms with Gasteiger partial charge in [0, 0.05) is 44.9 Å². The van der Waals surface area contributed by atoms with Crippen LogP contribution in [0.4, 0.5) is 0 Å². The van der Waals surface area contributed by atoms with Crippen molar-refractivity contribution in [1.82, 2.24) is 15.2 Å². The average molecular weight is 494 g/mol. The number of fused-ring (bicyclic) bond motifs is 1. The fraction of sp³-hybridized carbons (Fsp3) is 0.458. The molecule has 2 heterocycles. The smallest absolute Gasteiger partial charge is 0.305 e. The quantitative estimate of drug-likeness (QED) is 0.290. The van der Waals surface area contributed by atoms with Gasteiger partial charge in [0.25, 0.3) is 0 Å². The van der Waals surface area contributed by atoms with Gasteiger partial charge in [-0.05, 0) is 30.4 Å². The number of benzene rings is 2. The molecule has 1 saturated heterocycles. The summed E-state index contributed by atoms with van der Waals surface area (Å²) < 4.78 is 6.37. The molecule has 1 aliphatic rings. The molecule has 1 aliphatic heterocycles. The lowest BCUT2D eigenvalue weighted by Crippen LogP contribution is -2.51. The Morgan fingerprint density at radius 2 is 1.97 bits per heavy atom. The van der Waals surface area contributed by atoms with Crippen molar-refractivity contribution in [3.05, 3.63) is 63.3 Å². The number of aromatic nitrogens is 1. The van der Waals surface area contributed by atoms with E-state index in [9.17, 15) is 15.0 Å². The van der Waals surface area contributed by atoms with Crippen molar-refractivity contribution in [2.24, 2.45) is 5.92 Å². The molecule has 33 heavy (non-hydrogen) atoms. The minimum absolute atomic E-state index is 0. The van der Waals surface area contributed by atoms with E-state index in [2.05, 4.69) is 39.5 Å². The Balaban J connectivity index is 0.00000306. The van der Waals surface area contributed by atoms with Crippen molar-refractivity contribution in [2.45, 2.75) is 18.9 Å². The van der Waals surface area contributed by atoms with Crippen LogP contribution in [0.1, 0.15) is 23.7 Å². The Morgan fingerprint density at radius 3 is 2.76 bits per heavy atom. The Labute approximate surface area is 203 Å². The Morgan fingerprint density at radius 1 is 1.18 bits per heavy atom. The zero-order valence-corrected chi connectivity index (χ0v) is 20.2. The van der Waals surface area contributed by atoms with Gasteiger partial charge in [0.2, 0.25) is 0 Å². The number of halogens is 1. The molecule has 180 valence electrons. The Hall–Kier alpha value is -1.94. The van der Waals surface area contributed by atoms with Gasteiger partial charge < -0.3 is 30.2 Å². The number of ether oxygens (including phenoxy) is 1. The van der Waals surface area contributed by atoms with Gasteiger partial charge in [-0.15, -0.1) is 12.4 Å². The molecule has 9 heteroatoms. The van der Waals surface area contributed by atoms with Crippen molar-refractivity contribution in [3.63, 3.8) is 0 Å². The number of hydrogen-bond acceptors (Lipinski definition) is 7. The van der Waals surface area contributed by atoms with E-state index in [1.165, 1.54) is 11.6 Å². The first kappa shape index (κ1) is 25.7. The van der Waals surface area contributed by atoms with E-state index in [0.717, 1.165) is 63.6 Å². The summed E-state index contributed by atoms with van der Waals surface area (Å²) in [5.74, 6) is 0.614. The summed E-state index contributed by atoms with van der Waals surface area (Å²) in [5.41, 5.74) is 2.38. The lowest BCUT2D eigenvalue weighted by atomic mass is 9.99. The zero-order chi connectivity index (χ0) is 22.3. The molecule has 0 amide bonds. The highest BCUT2D eigenvalue weighted by Gasteiger charge is 2.26. The molecular weight excluding hydrogens is 462 g/mol. The molecular formula is C24H32ClN3O4S. The second-order valence-corrected chi connectivity index (χ2v) is 9.38. The van der Waals surface area contributed by atoms with Crippen molar-refractivity contribution < 1.29 is 14.9 Å². The van der Waals surface area contributed by atoms with Crippen LogP contribution in [-0.4, -0.2) is 66.0 Å². The van der Waals surface area contributed by atoms with Gasteiger partial charge in [0.1, 0.15) is 11.3 Å². The molecule has 0 radical (unpaired) electrons. The lowest BCUT2D eigenvalue weighted by molar-refractivity contribution is 0.0727. The van der Waals surface area contributed by atoms with Crippen LogP contribution in [0.2, 0.25) is 0 Å². The third-order valence-electron chi connectivity index (χ3n) is 5.89. The number of aliphatic hydroxyl groups is 1. The molecule has 4 N–H and O–H groups in total. The molecule has 4 rings (SSSR count). The van der Waals surface area contributed by atoms with E-state index < -0.39 is 6.10 Å². The number of phenols is 1. The SMILES string of the molecule is Cl.O=c1[nH]c2c(O)ccc([C@@H](O)CNCC3CN(CCCOCCc4ccccc4)C3)c2s1. The van der Waals surface area contributed by atoms with Crippen LogP contribution in [-0.2, 0) is 11.2 Å². The van der Waals surface area contributed by atoms with Crippen LogP contribution in [0.5, 0.6) is 5.75 Å². The fourth-order valence-electron chi connectivity index (χ4n) is 4.15. The van der Waals surface area contributed by atoms with Gasteiger partial charge in [-0.25, -0.2) is 0 Å². The second-order valence-electron chi connectivity index (χ2n) is 8.39. The first-order chi connectivity index (χ1) is 15.6.